The van der Waals surface area contributed by atoms with Gasteiger partial charge in [0.25, 0.3) is 0 Å². The average Bonchev–Trinajstić information content (AvgIpc) is 2.67. The van der Waals surface area contributed by atoms with Gasteiger partial charge in [0.2, 0.25) is 0 Å². The molecule has 1 aliphatic heterocycles. The molecule has 0 aromatic heterocycles. The van der Waals surface area contributed by atoms with Crippen molar-refractivity contribution in [2.45, 2.75) is 19.3 Å². The van der Waals surface area contributed by atoms with Gasteiger partial charge < -0.3 is 0 Å². The largest absolute Gasteiger partial charge is 0.256 e. The third kappa shape index (κ3) is 1.36. The molecule has 2 aliphatic carbocycles. The zero-order chi connectivity index (χ0) is 11.1. The van der Waals surface area contributed by atoms with Crippen molar-refractivity contribution in [3.63, 3.8) is 0 Å². The van der Waals surface area contributed by atoms with Crippen LogP contribution in [0.5, 0.6) is 0 Å². The fourth-order valence-corrected chi connectivity index (χ4v) is 2.86. The van der Waals surface area contributed by atoms with E-state index >= 15 is 0 Å². The summed E-state index contributed by atoms with van der Waals surface area (Å²) in [6.07, 6.45) is 8.98. The second-order valence-corrected chi connectivity index (χ2v) is 4.82. The lowest BCUT2D eigenvalue weighted by Gasteiger charge is -2.20. The Hall–Kier alpha value is -1.33. The van der Waals surface area contributed by atoms with Gasteiger partial charge in [-0.3, -0.25) is 4.99 Å². The molecule has 0 saturated heterocycles. The Morgan fingerprint density at radius 2 is 2.31 bits per heavy atom. The van der Waals surface area contributed by atoms with Crippen LogP contribution in [0, 0.1) is 23.2 Å². The van der Waals surface area contributed by atoms with Crippen LogP contribution in [-0.2, 0) is 0 Å². The molecule has 0 unspecified atom stereocenters. The van der Waals surface area contributed by atoms with Crippen LogP contribution in [0.4, 0.5) is 0 Å². The summed E-state index contributed by atoms with van der Waals surface area (Å²) in [4.78, 5) is 4.60. The van der Waals surface area contributed by atoms with E-state index in [9.17, 15) is 0 Å². The highest BCUT2D eigenvalue weighted by Gasteiger charge is 2.34. The minimum atomic E-state index is -0.0116. The van der Waals surface area contributed by atoms with E-state index in [0.29, 0.717) is 0 Å². The van der Waals surface area contributed by atoms with Gasteiger partial charge in [0.1, 0.15) is 0 Å². The fourth-order valence-electron chi connectivity index (χ4n) is 2.67. The molecular weight excluding hydrogens is 220 g/mol. The zero-order valence-corrected chi connectivity index (χ0v) is 9.54. The highest BCUT2D eigenvalue weighted by molar-refractivity contribution is 6.32. The Morgan fingerprint density at radius 1 is 1.44 bits per heavy atom. The standard InChI is InChI=1S/C13H11ClN2/c14-9-4-5-12-11(6-9)10-3-1-2-8(7-15)13(10)16-12/h4-6,8,11H,1-3H2/t8-,11-/m0/s1. The van der Waals surface area contributed by atoms with Gasteiger partial charge in [-0.1, -0.05) is 17.7 Å². The van der Waals surface area contributed by atoms with Gasteiger partial charge in [0.15, 0.2) is 0 Å². The van der Waals surface area contributed by atoms with Crippen LogP contribution in [0.1, 0.15) is 19.3 Å². The molecule has 0 amide bonds. The average molecular weight is 231 g/mol. The summed E-state index contributed by atoms with van der Waals surface area (Å²) in [5.74, 6) is 0.228. The van der Waals surface area contributed by atoms with Gasteiger partial charge in [0, 0.05) is 11.0 Å². The highest BCUT2D eigenvalue weighted by atomic mass is 35.5. The van der Waals surface area contributed by atoms with Crippen LogP contribution in [0.25, 0.3) is 0 Å². The van der Waals surface area contributed by atoms with Crippen molar-refractivity contribution in [3.8, 4) is 6.07 Å². The number of hydrogen-bond donors (Lipinski definition) is 0. The maximum absolute atomic E-state index is 9.11. The summed E-state index contributed by atoms with van der Waals surface area (Å²) >= 11 is 6.02. The Bertz CT molecular complexity index is 503. The Morgan fingerprint density at radius 3 is 3.12 bits per heavy atom. The first-order valence-corrected chi connectivity index (χ1v) is 5.94. The summed E-state index contributed by atoms with van der Waals surface area (Å²) in [5, 5.41) is 9.89. The van der Waals surface area contributed by atoms with Gasteiger partial charge in [-0.2, -0.15) is 5.26 Å². The van der Waals surface area contributed by atoms with Crippen LogP contribution < -0.4 is 0 Å². The SMILES string of the molecule is N#C[C@@H]1CCCC2=C1N=C1C=CC(Cl)=C[C@H]12. The van der Waals surface area contributed by atoms with Crippen LogP contribution >= 0.6 is 11.6 Å². The number of allylic oxidation sites excluding steroid dienone is 6. The molecule has 80 valence electrons. The first kappa shape index (κ1) is 9.86. The molecule has 2 nitrogen and oxygen atoms in total. The first-order chi connectivity index (χ1) is 7.79. The molecule has 0 N–H and O–H groups in total. The minimum Gasteiger partial charge on any atom is -0.256 e. The first-order valence-electron chi connectivity index (χ1n) is 5.56. The number of rotatable bonds is 0. The topological polar surface area (TPSA) is 36.1 Å². The van der Waals surface area contributed by atoms with Crippen molar-refractivity contribution in [1.82, 2.24) is 0 Å². The summed E-state index contributed by atoms with van der Waals surface area (Å²) in [5.41, 5.74) is 3.38. The van der Waals surface area contributed by atoms with Gasteiger partial charge in [0.05, 0.1) is 23.4 Å². The molecule has 16 heavy (non-hydrogen) atoms. The van der Waals surface area contributed by atoms with Crippen LogP contribution in [-0.4, -0.2) is 5.71 Å². The Labute approximate surface area is 99.6 Å². The lowest BCUT2D eigenvalue weighted by Crippen LogP contribution is -2.14. The van der Waals surface area contributed by atoms with Crippen molar-refractivity contribution in [1.29, 1.82) is 5.26 Å². The molecular formula is C13H11ClN2. The Balaban J connectivity index is 2.06. The van der Waals surface area contributed by atoms with E-state index in [1.165, 1.54) is 5.57 Å². The monoisotopic (exact) mass is 230 g/mol. The number of fused-ring (bicyclic) bond motifs is 2. The van der Waals surface area contributed by atoms with Crippen molar-refractivity contribution < 1.29 is 0 Å². The lowest BCUT2D eigenvalue weighted by molar-refractivity contribution is 0.575. The molecule has 0 spiro atoms. The number of nitrogens with zero attached hydrogens (tertiary/aromatic N) is 2. The number of nitriles is 1. The molecule has 3 heteroatoms. The molecule has 2 atom stereocenters. The van der Waals surface area contributed by atoms with Gasteiger partial charge >= 0.3 is 0 Å². The predicted molar refractivity (Wildman–Crippen MR) is 64.0 cm³/mol. The number of halogens is 1. The molecule has 0 aromatic carbocycles. The van der Waals surface area contributed by atoms with E-state index in [0.717, 1.165) is 35.7 Å². The van der Waals surface area contributed by atoms with Crippen LogP contribution in [0.2, 0.25) is 0 Å². The van der Waals surface area contributed by atoms with Gasteiger partial charge in [-0.15, -0.1) is 0 Å². The summed E-state index contributed by atoms with van der Waals surface area (Å²) in [6.45, 7) is 0. The summed E-state index contributed by atoms with van der Waals surface area (Å²) < 4.78 is 0. The van der Waals surface area contributed by atoms with E-state index in [1.54, 1.807) is 0 Å². The molecule has 3 rings (SSSR count). The van der Waals surface area contributed by atoms with Gasteiger partial charge in [-0.05, 0) is 37.0 Å². The number of hydrogen-bond acceptors (Lipinski definition) is 2. The molecule has 3 aliphatic rings. The maximum atomic E-state index is 9.11. The van der Waals surface area contributed by atoms with E-state index in [2.05, 4.69) is 11.1 Å². The fraction of sp³-hybridized carbons (Fsp3) is 0.385. The molecule has 0 bridgehead atoms. The van der Waals surface area contributed by atoms with E-state index in [-0.39, 0.29) is 11.8 Å². The van der Waals surface area contributed by atoms with E-state index < -0.39 is 0 Å². The van der Waals surface area contributed by atoms with Crippen molar-refractivity contribution in [3.05, 3.63) is 34.5 Å². The van der Waals surface area contributed by atoms with Crippen LogP contribution in [0.3, 0.4) is 0 Å². The molecule has 1 heterocycles. The van der Waals surface area contributed by atoms with E-state index in [1.807, 2.05) is 18.2 Å². The zero-order valence-electron chi connectivity index (χ0n) is 8.78. The molecule has 0 radical (unpaired) electrons. The normalized spacial score (nSPS) is 31.5. The van der Waals surface area contributed by atoms with Crippen molar-refractivity contribution in [2.75, 3.05) is 0 Å². The van der Waals surface area contributed by atoms with E-state index in [4.69, 9.17) is 16.9 Å². The molecule has 0 fully saturated rings. The number of aliphatic imine (C=N–C) groups is 1. The maximum Gasteiger partial charge on any atom is 0.0884 e. The van der Waals surface area contributed by atoms with Crippen molar-refractivity contribution >= 4 is 17.3 Å². The molecule has 0 aromatic rings. The third-order valence-corrected chi connectivity index (χ3v) is 3.69. The van der Waals surface area contributed by atoms with Crippen molar-refractivity contribution in [2.24, 2.45) is 16.8 Å². The quantitative estimate of drug-likeness (QED) is 0.629. The molecule has 0 saturated carbocycles. The third-order valence-electron chi connectivity index (χ3n) is 3.44. The predicted octanol–water partition coefficient (Wildman–Crippen LogP) is 3.33. The minimum absolute atomic E-state index is 0.0116. The Kier molecular flexibility index (Phi) is 2.22. The second kappa shape index (κ2) is 3.61. The summed E-state index contributed by atoms with van der Waals surface area (Å²) in [6, 6.07) is 2.35. The smallest absolute Gasteiger partial charge is 0.0884 e. The van der Waals surface area contributed by atoms with Crippen LogP contribution in [0.15, 0.2) is 39.5 Å². The highest BCUT2D eigenvalue weighted by Crippen LogP contribution is 2.42. The second-order valence-electron chi connectivity index (χ2n) is 4.38. The summed E-state index contributed by atoms with van der Waals surface area (Å²) in [7, 11) is 0. The lowest BCUT2D eigenvalue weighted by atomic mass is 9.82. The van der Waals surface area contributed by atoms with Gasteiger partial charge in [-0.25, -0.2) is 0 Å².